The van der Waals surface area contributed by atoms with Gasteiger partial charge in [-0.3, -0.25) is 0 Å². The van der Waals surface area contributed by atoms with Crippen molar-refractivity contribution in [3.63, 3.8) is 0 Å². The summed E-state index contributed by atoms with van der Waals surface area (Å²) in [6.07, 6.45) is 0. The van der Waals surface area contributed by atoms with Crippen LogP contribution in [0.5, 0.6) is 0 Å². The maximum absolute atomic E-state index is 6.25. The molecule has 0 amide bonds. The van der Waals surface area contributed by atoms with Crippen LogP contribution in [0.3, 0.4) is 0 Å². The van der Waals surface area contributed by atoms with Crippen LogP contribution in [0.15, 0.2) is 18.2 Å². The molecule has 0 saturated carbocycles. The molecular formula is C14H21ClN2S. The van der Waals surface area contributed by atoms with Gasteiger partial charge >= 0.3 is 0 Å². The van der Waals surface area contributed by atoms with Gasteiger partial charge in [0.15, 0.2) is 0 Å². The topological polar surface area (TPSA) is 29.3 Å². The second-order valence-electron chi connectivity index (χ2n) is 5.90. The molecule has 0 aliphatic heterocycles. The fraction of sp³-hybridized carbons (Fsp3) is 0.500. The molecule has 1 aromatic carbocycles. The minimum Gasteiger partial charge on any atom is -0.389 e. The summed E-state index contributed by atoms with van der Waals surface area (Å²) in [5.74, 6) is 0. The second kappa shape index (κ2) is 6.00. The van der Waals surface area contributed by atoms with Crippen LogP contribution in [0.4, 0.5) is 0 Å². The lowest BCUT2D eigenvalue weighted by Crippen LogP contribution is -2.29. The molecule has 1 rings (SSSR count). The average molecular weight is 285 g/mol. The average Bonchev–Trinajstić information content (AvgIpc) is 2.17. The van der Waals surface area contributed by atoms with Crippen molar-refractivity contribution >= 4 is 28.8 Å². The van der Waals surface area contributed by atoms with Gasteiger partial charge in [0.25, 0.3) is 0 Å². The van der Waals surface area contributed by atoms with E-state index in [1.807, 2.05) is 18.2 Å². The number of nitrogens with zero attached hydrogens (tertiary/aromatic N) is 1. The second-order valence-corrected chi connectivity index (χ2v) is 6.75. The number of halogens is 1. The zero-order valence-electron chi connectivity index (χ0n) is 11.5. The molecule has 0 aromatic heterocycles. The van der Waals surface area contributed by atoms with E-state index < -0.39 is 0 Å². The Labute approximate surface area is 120 Å². The van der Waals surface area contributed by atoms with Gasteiger partial charge in [-0.05, 0) is 24.1 Å². The first-order valence-electron chi connectivity index (χ1n) is 5.96. The van der Waals surface area contributed by atoms with Crippen LogP contribution < -0.4 is 5.73 Å². The number of benzene rings is 1. The van der Waals surface area contributed by atoms with E-state index in [-0.39, 0.29) is 5.41 Å². The molecule has 1 aromatic rings. The van der Waals surface area contributed by atoms with Gasteiger partial charge in [-0.15, -0.1) is 0 Å². The van der Waals surface area contributed by atoms with Crippen molar-refractivity contribution in [1.29, 1.82) is 0 Å². The van der Waals surface area contributed by atoms with E-state index in [4.69, 9.17) is 29.6 Å². The van der Waals surface area contributed by atoms with E-state index >= 15 is 0 Å². The summed E-state index contributed by atoms with van der Waals surface area (Å²) in [5.41, 5.74) is 7.77. The van der Waals surface area contributed by atoms with E-state index in [9.17, 15) is 0 Å². The molecule has 0 saturated heterocycles. The van der Waals surface area contributed by atoms with Gasteiger partial charge in [0, 0.05) is 23.7 Å². The third kappa shape index (κ3) is 4.92. The standard InChI is InChI=1S/C14H21ClN2S/c1-14(2,3)9-17(4)8-11-6-5-10(13(16)18)7-12(11)15/h5-7H,8-9H2,1-4H3,(H2,16,18). The van der Waals surface area contributed by atoms with Gasteiger partial charge in [-0.1, -0.05) is 56.7 Å². The molecule has 100 valence electrons. The first-order valence-corrected chi connectivity index (χ1v) is 6.74. The van der Waals surface area contributed by atoms with Crippen LogP contribution in [0.2, 0.25) is 5.02 Å². The highest BCUT2D eigenvalue weighted by molar-refractivity contribution is 7.80. The molecule has 2 N–H and O–H groups in total. The number of hydrogen-bond donors (Lipinski definition) is 1. The lowest BCUT2D eigenvalue weighted by atomic mass is 9.96. The van der Waals surface area contributed by atoms with E-state index in [0.717, 1.165) is 29.2 Å². The molecule has 0 aliphatic carbocycles. The molecule has 0 bridgehead atoms. The van der Waals surface area contributed by atoms with Crippen LogP contribution in [-0.4, -0.2) is 23.5 Å². The fourth-order valence-electron chi connectivity index (χ4n) is 1.99. The molecule has 0 radical (unpaired) electrons. The summed E-state index contributed by atoms with van der Waals surface area (Å²) in [6, 6.07) is 5.76. The van der Waals surface area contributed by atoms with Crippen molar-refractivity contribution in [2.24, 2.45) is 11.1 Å². The highest BCUT2D eigenvalue weighted by atomic mass is 35.5. The van der Waals surface area contributed by atoms with Crippen LogP contribution in [0.1, 0.15) is 31.9 Å². The molecule has 0 heterocycles. The summed E-state index contributed by atoms with van der Waals surface area (Å²) in [5, 5.41) is 0.723. The fourth-order valence-corrected chi connectivity index (χ4v) is 2.35. The molecule has 0 atom stereocenters. The third-order valence-electron chi connectivity index (χ3n) is 2.52. The first kappa shape index (κ1) is 15.4. The molecule has 0 aliphatic rings. The van der Waals surface area contributed by atoms with E-state index in [2.05, 4.69) is 32.7 Å². The largest absolute Gasteiger partial charge is 0.389 e. The van der Waals surface area contributed by atoms with Crippen molar-refractivity contribution in [2.75, 3.05) is 13.6 Å². The van der Waals surface area contributed by atoms with Gasteiger partial charge in [0.1, 0.15) is 4.99 Å². The summed E-state index contributed by atoms with van der Waals surface area (Å²) in [7, 11) is 2.10. The Morgan fingerprint density at radius 2 is 2.00 bits per heavy atom. The predicted octanol–water partition coefficient (Wildman–Crippen LogP) is 3.45. The van der Waals surface area contributed by atoms with Crippen molar-refractivity contribution in [3.8, 4) is 0 Å². The Morgan fingerprint density at radius 1 is 1.39 bits per heavy atom. The van der Waals surface area contributed by atoms with Crippen LogP contribution in [0, 0.1) is 5.41 Å². The van der Waals surface area contributed by atoms with Crippen LogP contribution in [0.25, 0.3) is 0 Å². The molecule has 4 heteroatoms. The first-order chi connectivity index (χ1) is 8.19. The van der Waals surface area contributed by atoms with Crippen molar-refractivity contribution in [3.05, 3.63) is 34.3 Å². The zero-order chi connectivity index (χ0) is 13.9. The Kier molecular flexibility index (Phi) is 5.14. The van der Waals surface area contributed by atoms with Gasteiger partial charge in [-0.25, -0.2) is 0 Å². The van der Waals surface area contributed by atoms with Crippen molar-refractivity contribution in [1.82, 2.24) is 4.90 Å². The summed E-state index contributed by atoms with van der Waals surface area (Å²) >= 11 is 11.2. The number of hydrogen-bond acceptors (Lipinski definition) is 2. The van der Waals surface area contributed by atoms with Gasteiger partial charge in [0.05, 0.1) is 0 Å². The normalized spacial score (nSPS) is 11.9. The minimum absolute atomic E-state index is 0.278. The van der Waals surface area contributed by atoms with E-state index in [0.29, 0.717) is 4.99 Å². The molecule has 0 spiro atoms. The van der Waals surface area contributed by atoms with Crippen LogP contribution in [-0.2, 0) is 6.54 Å². The summed E-state index contributed by atoms with van der Waals surface area (Å²) in [4.78, 5) is 2.65. The summed E-state index contributed by atoms with van der Waals surface area (Å²) < 4.78 is 0. The minimum atomic E-state index is 0.278. The quantitative estimate of drug-likeness (QED) is 0.859. The van der Waals surface area contributed by atoms with E-state index in [1.54, 1.807) is 0 Å². The van der Waals surface area contributed by atoms with Gasteiger partial charge < -0.3 is 10.6 Å². The van der Waals surface area contributed by atoms with Gasteiger partial charge in [0.2, 0.25) is 0 Å². The van der Waals surface area contributed by atoms with Crippen LogP contribution >= 0.6 is 23.8 Å². The third-order valence-corrected chi connectivity index (χ3v) is 3.11. The molecule has 0 unspecified atom stereocenters. The molecular weight excluding hydrogens is 264 g/mol. The molecule has 0 fully saturated rings. The highest BCUT2D eigenvalue weighted by Gasteiger charge is 2.14. The molecule has 18 heavy (non-hydrogen) atoms. The zero-order valence-corrected chi connectivity index (χ0v) is 13.0. The smallest absolute Gasteiger partial charge is 0.104 e. The van der Waals surface area contributed by atoms with Crippen molar-refractivity contribution < 1.29 is 0 Å². The lowest BCUT2D eigenvalue weighted by molar-refractivity contribution is 0.221. The Bertz CT molecular complexity index is 438. The lowest BCUT2D eigenvalue weighted by Gasteiger charge is -2.26. The Balaban J connectivity index is 2.77. The van der Waals surface area contributed by atoms with Gasteiger partial charge in [-0.2, -0.15) is 0 Å². The maximum atomic E-state index is 6.25. The van der Waals surface area contributed by atoms with Crippen molar-refractivity contribution in [2.45, 2.75) is 27.3 Å². The number of thiocarbonyl (C=S) groups is 1. The SMILES string of the molecule is CN(Cc1ccc(C(N)=S)cc1Cl)CC(C)(C)C. The number of nitrogens with two attached hydrogens (primary N) is 1. The van der Waals surface area contributed by atoms with E-state index in [1.165, 1.54) is 0 Å². The Hall–Kier alpha value is -0.640. The highest BCUT2D eigenvalue weighted by Crippen LogP contribution is 2.21. The molecule has 2 nitrogen and oxygen atoms in total. The number of rotatable bonds is 4. The predicted molar refractivity (Wildman–Crippen MR) is 83.1 cm³/mol. The Morgan fingerprint density at radius 3 is 2.44 bits per heavy atom. The maximum Gasteiger partial charge on any atom is 0.104 e. The monoisotopic (exact) mass is 284 g/mol. The summed E-state index contributed by atoms with van der Waals surface area (Å²) in [6.45, 7) is 8.51.